The second-order valence-corrected chi connectivity index (χ2v) is 3.45. The van der Waals surface area contributed by atoms with Gasteiger partial charge in [-0.3, -0.25) is 5.10 Å². The van der Waals surface area contributed by atoms with Crippen LogP contribution in [0.2, 0.25) is 5.15 Å². The summed E-state index contributed by atoms with van der Waals surface area (Å²) in [6.07, 6.45) is 5.24. The van der Waals surface area contributed by atoms with Crippen LogP contribution in [0.3, 0.4) is 0 Å². The van der Waals surface area contributed by atoms with Crippen LogP contribution >= 0.6 is 11.6 Å². The van der Waals surface area contributed by atoms with Crippen molar-refractivity contribution in [3.63, 3.8) is 0 Å². The number of aromatic amines is 1. The third-order valence-corrected chi connectivity index (χ3v) is 2.04. The fourth-order valence-electron chi connectivity index (χ4n) is 1.20. The van der Waals surface area contributed by atoms with E-state index < -0.39 is 0 Å². The Morgan fingerprint density at radius 3 is 2.94 bits per heavy atom. The number of anilines is 2. The van der Waals surface area contributed by atoms with Gasteiger partial charge in [0, 0.05) is 12.1 Å². The normalized spacial score (nSPS) is 10.9. The molecule has 2 aromatic rings. The highest BCUT2D eigenvalue weighted by atomic mass is 35.5. The van der Waals surface area contributed by atoms with Crippen molar-refractivity contribution in [2.45, 2.75) is 6.92 Å². The summed E-state index contributed by atoms with van der Waals surface area (Å²) < 4.78 is 0. The van der Waals surface area contributed by atoms with Crippen molar-refractivity contribution in [2.75, 3.05) is 5.32 Å². The summed E-state index contributed by atoms with van der Waals surface area (Å²) in [7, 11) is 0. The lowest BCUT2D eigenvalue weighted by Crippen LogP contribution is -1.94. The first-order valence-electron chi connectivity index (χ1n) is 4.70. The second-order valence-electron chi connectivity index (χ2n) is 3.06. The molecule has 6 heteroatoms. The number of aromatic nitrogens is 4. The van der Waals surface area contributed by atoms with Crippen LogP contribution in [0.25, 0.3) is 6.08 Å². The summed E-state index contributed by atoms with van der Waals surface area (Å²) >= 11 is 5.74. The third kappa shape index (κ3) is 2.58. The molecule has 0 saturated carbocycles. The molecule has 2 N–H and O–H groups in total. The maximum Gasteiger partial charge on any atom is 0.153 e. The van der Waals surface area contributed by atoms with Gasteiger partial charge in [-0.2, -0.15) is 5.10 Å². The van der Waals surface area contributed by atoms with Crippen molar-refractivity contribution >= 4 is 29.3 Å². The maximum absolute atomic E-state index is 5.74. The molecule has 0 unspecified atom stereocenters. The summed E-state index contributed by atoms with van der Waals surface area (Å²) in [4.78, 5) is 7.80. The van der Waals surface area contributed by atoms with Crippen molar-refractivity contribution < 1.29 is 0 Å². The first kappa shape index (κ1) is 10.6. The fraction of sp³-hybridized carbons (Fsp3) is 0.100. The maximum atomic E-state index is 5.74. The van der Waals surface area contributed by atoms with Gasteiger partial charge in [0.25, 0.3) is 0 Å². The standard InChI is InChI=1S/C10H10ClN5/c1-2-3-7-4-10(16-15-7)14-9-5-8(11)12-6-13-9/h2-6H,1H3,(H2,12,13,14,15,16)/b3-2+. The number of hydrogen-bond acceptors (Lipinski definition) is 4. The number of nitrogens with zero attached hydrogens (tertiary/aromatic N) is 3. The van der Waals surface area contributed by atoms with Crippen molar-refractivity contribution in [3.8, 4) is 0 Å². The number of allylic oxidation sites excluding steroid dienone is 1. The van der Waals surface area contributed by atoms with E-state index in [4.69, 9.17) is 11.6 Å². The van der Waals surface area contributed by atoms with E-state index in [1.54, 1.807) is 6.07 Å². The monoisotopic (exact) mass is 235 g/mol. The Kier molecular flexibility index (Phi) is 3.16. The van der Waals surface area contributed by atoms with Crippen molar-refractivity contribution in [1.82, 2.24) is 20.2 Å². The summed E-state index contributed by atoms with van der Waals surface area (Å²) in [5, 5.41) is 10.3. The summed E-state index contributed by atoms with van der Waals surface area (Å²) in [6, 6.07) is 3.50. The van der Waals surface area contributed by atoms with E-state index in [1.807, 2.05) is 25.1 Å². The van der Waals surface area contributed by atoms with Crippen molar-refractivity contribution in [2.24, 2.45) is 0 Å². The van der Waals surface area contributed by atoms with Crippen LogP contribution in [0, 0.1) is 0 Å². The van der Waals surface area contributed by atoms with Crippen LogP contribution in [0.1, 0.15) is 12.6 Å². The van der Waals surface area contributed by atoms with Gasteiger partial charge in [0.2, 0.25) is 0 Å². The average Bonchev–Trinajstić information content (AvgIpc) is 2.66. The van der Waals surface area contributed by atoms with Crippen molar-refractivity contribution in [3.05, 3.63) is 35.4 Å². The molecule has 0 fully saturated rings. The summed E-state index contributed by atoms with van der Waals surface area (Å²) in [5.74, 6) is 1.29. The Hall–Kier alpha value is -1.88. The summed E-state index contributed by atoms with van der Waals surface area (Å²) in [6.45, 7) is 1.94. The molecule has 82 valence electrons. The van der Waals surface area contributed by atoms with Crippen LogP contribution in [0.15, 0.2) is 24.5 Å². The molecule has 2 aromatic heterocycles. The van der Waals surface area contributed by atoms with Crippen LogP contribution in [-0.4, -0.2) is 20.2 Å². The minimum atomic E-state index is 0.390. The van der Waals surface area contributed by atoms with Gasteiger partial charge in [-0.05, 0) is 13.0 Å². The van der Waals surface area contributed by atoms with Gasteiger partial charge in [-0.25, -0.2) is 9.97 Å². The van der Waals surface area contributed by atoms with Gasteiger partial charge in [-0.15, -0.1) is 0 Å². The predicted molar refractivity (Wildman–Crippen MR) is 63.6 cm³/mol. The average molecular weight is 236 g/mol. The molecule has 0 aliphatic heterocycles. The lowest BCUT2D eigenvalue weighted by Gasteiger charge is -1.99. The minimum absolute atomic E-state index is 0.390. The van der Waals surface area contributed by atoms with E-state index in [-0.39, 0.29) is 0 Å². The molecule has 2 heterocycles. The van der Waals surface area contributed by atoms with Gasteiger partial charge in [0.15, 0.2) is 5.82 Å². The number of nitrogens with one attached hydrogen (secondary N) is 2. The number of hydrogen-bond donors (Lipinski definition) is 2. The Morgan fingerprint density at radius 1 is 1.31 bits per heavy atom. The van der Waals surface area contributed by atoms with E-state index in [0.29, 0.717) is 16.8 Å². The zero-order valence-corrected chi connectivity index (χ0v) is 9.36. The topological polar surface area (TPSA) is 66.5 Å². The highest BCUT2D eigenvalue weighted by Crippen LogP contribution is 2.15. The van der Waals surface area contributed by atoms with E-state index in [9.17, 15) is 0 Å². The van der Waals surface area contributed by atoms with Crippen LogP contribution in [0.5, 0.6) is 0 Å². The van der Waals surface area contributed by atoms with Crippen molar-refractivity contribution in [1.29, 1.82) is 0 Å². The molecule has 0 aromatic carbocycles. The van der Waals surface area contributed by atoms with E-state index in [0.717, 1.165) is 5.69 Å². The lowest BCUT2D eigenvalue weighted by molar-refractivity contribution is 1.07. The highest BCUT2D eigenvalue weighted by molar-refractivity contribution is 6.29. The summed E-state index contributed by atoms with van der Waals surface area (Å²) in [5.41, 5.74) is 0.921. The molecule has 0 amide bonds. The van der Waals surface area contributed by atoms with Gasteiger partial charge in [-0.1, -0.05) is 17.7 Å². The van der Waals surface area contributed by atoms with E-state index in [1.165, 1.54) is 6.33 Å². The van der Waals surface area contributed by atoms with Crippen LogP contribution in [0.4, 0.5) is 11.6 Å². The Morgan fingerprint density at radius 2 is 2.19 bits per heavy atom. The smallest absolute Gasteiger partial charge is 0.153 e. The van der Waals surface area contributed by atoms with E-state index >= 15 is 0 Å². The Bertz CT molecular complexity index is 505. The molecule has 0 bridgehead atoms. The van der Waals surface area contributed by atoms with Gasteiger partial charge in [0.1, 0.15) is 17.3 Å². The number of halogens is 1. The Balaban J connectivity index is 2.14. The molecule has 0 saturated heterocycles. The molecule has 0 atom stereocenters. The van der Waals surface area contributed by atoms with Gasteiger partial charge in [0.05, 0.1) is 5.69 Å². The molecular weight excluding hydrogens is 226 g/mol. The molecule has 0 aliphatic carbocycles. The first-order valence-corrected chi connectivity index (χ1v) is 5.08. The van der Waals surface area contributed by atoms with Gasteiger partial charge < -0.3 is 5.32 Å². The molecule has 16 heavy (non-hydrogen) atoms. The Labute approximate surface area is 97.6 Å². The highest BCUT2D eigenvalue weighted by Gasteiger charge is 2.00. The van der Waals surface area contributed by atoms with E-state index in [2.05, 4.69) is 25.5 Å². The zero-order chi connectivity index (χ0) is 11.4. The first-order chi connectivity index (χ1) is 7.78. The minimum Gasteiger partial charge on any atom is -0.323 e. The second kappa shape index (κ2) is 4.76. The van der Waals surface area contributed by atoms with Crippen LogP contribution < -0.4 is 5.32 Å². The zero-order valence-electron chi connectivity index (χ0n) is 8.61. The predicted octanol–water partition coefficient (Wildman–Crippen LogP) is 2.63. The molecule has 0 aliphatic rings. The largest absolute Gasteiger partial charge is 0.323 e. The molecular formula is C10H10ClN5. The molecule has 0 radical (unpaired) electrons. The lowest BCUT2D eigenvalue weighted by atomic mass is 10.4. The quantitative estimate of drug-likeness (QED) is 0.803. The molecule has 2 rings (SSSR count). The van der Waals surface area contributed by atoms with Gasteiger partial charge >= 0.3 is 0 Å². The van der Waals surface area contributed by atoms with Crippen LogP contribution in [-0.2, 0) is 0 Å². The number of rotatable bonds is 3. The fourth-order valence-corrected chi connectivity index (χ4v) is 1.35. The molecule has 0 spiro atoms. The number of H-pyrrole nitrogens is 1. The third-order valence-electron chi connectivity index (χ3n) is 1.83. The molecule has 5 nitrogen and oxygen atoms in total. The SMILES string of the molecule is C/C=C/c1cc(Nc2cc(Cl)ncn2)n[nH]1.